The van der Waals surface area contributed by atoms with Gasteiger partial charge in [-0.2, -0.15) is 5.10 Å². The number of aryl methyl sites for hydroxylation is 2. The molecule has 35 heavy (non-hydrogen) atoms. The number of fused-ring (bicyclic) bond motifs is 2. The van der Waals surface area contributed by atoms with Gasteiger partial charge in [0.15, 0.2) is 11.5 Å². The summed E-state index contributed by atoms with van der Waals surface area (Å²) in [6, 6.07) is 6.06. The van der Waals surface area contributed by atoms with Crippen LogP contribution in [0.3, 0.4) is 0 Å². The minimum Gasteiger partial charge on any atom is -0.368 e. The first-order valence-electron chi connectivity index (χ1n) is 12.4. The van der Waals surface area contributed by atoms with Crippen molar-refractivity contribution in [2.45, 2.75) is 52.2 Å². The normalized spacial score (nSPS) is 20.6. The van der Waals surface area contributed by atoms with Crippen LogP contribution in [0.2, 0.25) is 0 Å². The lowest BCUT2D eigenvalue weighted by atomic mass is 10.0. The number of benzene rings is 1. The number of hydrogen-bond donors (Lipinski definition) is 2. The fourth-order valence-corrected chi connectivity index (χ4v) is 5.30. The Morgan fingerprint density at radius 2 is 2.06 bits per heavy atom. The van der Waals surface area contributed by atoms with E-state index < -0.39 is 5.82 Å². The summed E-state index contributed by atoms with van der Waals surface area (Å²) in [5.74, 6) is -0.0381. The van der Waals surface area contributed by atoms with Gasteiger partial charge in [-0.3, -0.25) is 9.48 Å². The third-order valence-electron chi connectivity index (χ3n) is 7.10. The number of carbonyl (C=O) groups is 1. The molecule has 1 saturated heterocycles. The summed E-state index contributed by atoms with van der Waals surface area (Å²) in [4.78, 5) is 19.9. The van der Waals surface area contributed by atoms with Crippen molar-refractivity contribution in [1.29, 1.82) is 0 Å². The van der Waals surface area contributed by atoms with Gasteiger partial charge in [0.05, 0.1) is 16.9 Å². The minimum atomic E-state index is -0.482. The number of aromatic nitrogens is 4. The van der Waals surface area contributed by atoms with Crippen LogP contribution in [-0.2, 0) is 6.54 Å². The second-order valence-corrected chi connectivity index (χ2v) is 9.94. The summed E-state index contributed by atoms with van der Waals surface area (Å²) in [7, 11) is 0. The first-order valence-corrected chi connectivity index (χ1v) is 12.4. The minimum absolute atomic E-state index is 0.240. The van der Waals surface area contributed by atoms with Gasteiger partial charge in [0, 0.05) is 67.4 Å². The summed E-state index contributed by atoms with van der Waals surface area (Å²) in [6.45, 7) is 8.64. The molecule has 0 unspecified atom stereocenters. The lowest BCUT2D eigenvalue weighted by molar-refractivity contribution is 0.102. The second kappa shape index (κ2) is 8.34. The van der Waals surface area contributed by atoms with Crippen molar-refractivity contribution in [1.82, 2.24) is 24.5 Å². The van der Waals surface area contributed by atoms with E-state index in [0.717, 1.165) is 30.1 Å². The van der Waals surface area contributed by atoms with Crippen LogP contribution in [0.25, 0.3) is 16.6 Å². The van der Waals surface area contributed by atoms with Gasteiger partial charge in [0.2, 0.25) is 0 Å². The standard InChI is InChI=1S/C26H30FN7O/c1-4-34-13-20-23(32-10-15(2)28-22(14-32)17-5-6-17)8-7-19(24(20)31-34)26(35)30-18-9-21(27)25-29-16(3)11-33(25)12-18/h7-9,11-13,15,17,22,28H,4-6,10,14H2,1-3H3,(H,30,35)/t15-,22-/m0/s1. The number of halogens is 1. The van der Waals surface area contributed by atoms with Crippen LogP contribution in [0.5, 0.6) is 0 Å². The van der Waals surface area contributed by atoms with Crippen LogP contribution in [0.4, 0.5) is 15.8 Å². The molecule has 2 fully saturated rings. The molecule has 8 nitrogen and oxygen atoms in total. The van der Waals surface area contributed by atoms with Crippen LogP contribution in [-0.4, -0.2) is 50.2 Å². The van der Waals surface area contributed by atoms with Gasteiger partial charge in [-0.25, -0.2) is 9.37 Å². The lowest BCUT2D eigenvalue weighted by Crippen LogP contribution is -2.56. The number of anilines is 2. The Hall–Kier alpha value is -3.46. The van der Waals surface area contributed by atoms with Crippen molar-refractivity contribution in [2.75, 3.05) is 23.3 Å². The second-order valence-electron chi connectivity index (χ2n) is 9.94. The monoisotopic (exact) mass is 475 g/mol. The molecule has 4 aromatic rings. The van der Waals surface area contributed by atoms with E-state index in [1.54, 1.807) is 23.7 Å². The molecule has 1 saturated carbocycles. The quantitative estimate of drug-likeness (QED) is 0.457. The van der Waals surface area contributed by atoms with E-state index in [0.29, 0.717) is 41.1 Å². The summed E-state index contributed by atoms with van der Waals surface area (Å²) in [5.41, 5.74) is 3.56. The van der Waals surface area contributed by atoms with Gasteiger partial charge >= 0.3 is 0 Å². The van der Waals surface area contributed by atoms with Crippen molar-refractivity contribution >= 4 is 33.8 Å². The van der Waals surface area contributed by atoms with E-state index in [4.69, 9.17) is 5.10 Å². The predicted octanol–water partition coefficient (Wildman–Crippen LogP) is 3.98. The smallest absolute Gasteiger partial charge is 0.257 e. The Bertz CT molecular complexity index is 1440. The summed E-state index contributed by atoms with van der Waals surface area (Å²) >= 11 is 0. The largest absolute Gasteiger partial charge is 0.368 e. The molecule has 2 N–H and O–H groups in total. The van der Waals surface area contributed by atoms with Gasteiger partial charge in [0.25, 0.3) is 5.91 Å². The number of hydrogen-bond acceptors (Lipinski definition) is 5. The Labute approximate surface area is 203 Å². The van der Waals surface area contributed by atoms with E-state index in [2.05, 4.69) is 27.4 Å². The maximum atomic E-state index is 14.5. The highest BCUT2D eigenvalue weighted by molar-refractivity contribution is 6.13. The molecule has 182 valence electrons. The van der Waals surface area contributed by atoms with Gasteiger partial charge in [-0.05, 0) is 51.7 Å². The van der Waals surface area contributed by atoms with Crippen LogP contribution in [0.1, 0.15) is 42.7 Å². The average Bonchev–Trinajstić information content (AvgIpc) is 3.47. The van der Waals surface area contributed by atoms with Gasteiger partial charge in [-0.1, -0.05) is 0 Å². The van der Waals surface area contributed by atoms with Crippen molar-refractivity contribution in [3.63, 3.8) is 0 Å². The van der Waals surface area contributed by atoms with Crippen LogP contribution < -0.4 is 15.5 Å². The van der Waals surface area contributed by atoms with Gasteiger partial charge in [0.1, 0.15) is 5.52 Å². The van der Waals surface area contributed by atoms with Crippen LogP contribution in [0, 0.1) is 18.7 Å². The summed E-state index contributed by atoms with van der Waals surface area (Å²) in [5, 5.41) is 12.3. The lowest BCUT2D eigenvalue weighted by Gasteiger charge is -2.39. The topological polar surface area (TPSA) is 79.5 Å². The zero-order valence-electron chi connectivity index (χ0n) is 20.3. The number of imidazole rings is 1. The highest BCUT2D eigenvalue weighted by Crippen LogP contribution is 2.37. The highest BCUT2D eigenvalue weighted by Gasteiger charge is 2.36. The van der Waals surface area contributed by atoms with Gasteiger partial charge < -0.3 is 19.9 Å². The molecule has 6 rings (SSSR count). The van der Waals surface area contributed by atoms with Crippen LogP contribution in [0.15, 0.2) is 36.8 Å². The molecular formula is C26H30FN7O. The Morgan fingerprint density at radius 3 is 2.83 bits per heavy atom. The van der Waals surface area contributed by atoms with E-state index in [-0.39, 0.29) is 11.6 Å². The fourth-order valence-electron chi connectivity index (χ4n) is 5.30. The molecule has 4 heterocycles. The number of nitrogens with one attached hydrogen (secondary N) is 2. The zero-order chi connectivity index (χ0) is 24.3. The molecule has 2 aliphatic rings. The summed E-state index contributed by atoms with van der Waals surface area (Å²) in [6.07, 6.45) is 8.03. The Balaban J connectivity index is 1.35. The fraction of sp³-hybridized carbons (Fsp3) is 0.423. The molecule has 9 heteroatoms. The molecule has 1 aliphatic carbocycles. The van der Waals surface area contributed by atoms with E-state index in [1.165, 1.54) is 18.9 Å². The third-order valence-corrected chi connectivity index (χ3v) is 7.10. The molecule has 0 spiro atoms. The molecule has 3 aromatic heterocycles. The number of piperazine rings is 1. The molecule has 0 bridgehead atoms. The molecule has 1 aromatic carbocycles. The summed E-state index contributed by atoms with van der Waals surface area (Å²) < 4.78 is 18.0. The van der Waals surface area contributed by atoms with Crippen LogP contribution >= 0.6 is 0 Å². The van der Waals surface area contributed by atoms with Gasteiger partial charge in [-0.15, -0.1) is 0 Å². The molecular weight excluding hydrogens is 445 g/mol. The molecule has 0 radical (unpaired) electrons. The maximum absolute atomic E-state index is 14.5. The van der Waals surface area contributed by atoms with Crippen molar-refractivity contribution in [3.05, 3.63) is 53.9 Å². The Kier molecular flexibility index (Phi) is 5.25. The first kappa shape index (κ1) is 22.0. The first-order chi connectivity index (χ1) is 16.9. The SMILES string of the molecule is CCn1cc2c(N3C[C@@H](C4CC4)N[C@@H](C)C3)ccc(C(=O)Nc3cc(F)c4nc(C)cn4c3)c2n1. The van der Waals surface area contributed by atoms with E-state index in [1.807, 2.05) is 29.9 Å². The van der Waals surface area contributed by atoms with E-state index >= 15 is 0 Å². The van der Waals surface area contributed by atoms with Crippen molar-refractivity contribution in [2.24, 2.45) is 5.92 Å². The average molecular weight is 476 g/mol. The zero-order valence-corrected chi connectivity index (χ0v) is 20.3. The molecule has 1 amide bonds. The predicted molar refractivity (Wildman–Crippen MR) is 135 cm³/mol. The number of nitrogens with zero attached hydrogens (tertiary/aromatic N) is 5. The Morgan fingerprint density at radius 1 is 1.23 bits per heavy atom. The number of rotatable bonds is 5. The number of carbonyl (C=O) groups excluding carboxylic acids is 1. The third kappa shape index (κ3) is 4.03. The maximum Gasteiger partial charge on any atom is 0.257 e. The number of pyridine rings is 1. The highest BCUT2D eigenvalue weighted by atomic mass is 19.1. The van der Waals surface area contributed by atoms with Crippen molar-refractivity contribution < 1.29 is 9.18 Å². The molecule has 2 atom stereocenters. The molecule has 1 aliphatic heterocycles. The number of amides is 1. The van der Waals surface area contributed by atoms with E-state index in [9.17, 15) is 9.18 Å². The van der Waals surface area contributed by atoms with Crippen molar-refractivity contribution in [3.8, 4) is 0 Å².